The summed E-state index contributed by atoms with van der Waals surface area (Å²) in [5.74, 6) is 2.56. The zero-order valence-electron chi connectivity index (χ0n) is 23.4. The topological polar surface area (TPSA) is 44.8 Å². The van der Waals surface area contributed by atoms with E-state index in [-0.39, 0.29) is 5.78 Å². The first-order valence-electron chi connectivity index (χ1n) is 14.0. The minimum absolute atomic E-state index is 0.0486. The molecule has 0 radical (unpaired) electrons. The number of benzene rings is 5. The van der Waals surface area contributed by atoms with Crippen molar-refractivity contribution in [1.29, 1.82) is 0 Å². The Morgan fingerprint density at radius 3 is 1.81 bits per heavy atom. The zero-order chi connectivity index (χ0) is 29.4. The molecule has 0 saturated heterocycles. The van der Waals surface area contributed by atoms with Crippen LogP contribution in [0.15, 0.2) is 127 Å². The Morgan fingerprint density at radius 2 is 1.19 bits per heavy atom. The van der Waals surface area contributed by atoms with Crippen molar-refractivity contribution in [3.8, 4) is 27.7 Å². The van der Waals surface area contributed by atoms with E-state index < -0.39 is 0 Å². The Balaban J connectivity index is 1.32. The molecule has 0 saturated carbocycles. The second kappa shape index (κ2) is 13.6. The summed E-state index contributed by atoms with van der Waals surface area (Å²) in [7, 11) is 0. The first-order valence-corrected chi connectivity index (χ1v) is 15.4. The maximum Gasteiger partial charge on any atom is 0.195 e. The fourth-order valence-electron chi connectivity index (χ4n) is 4.78. The Kier molecular flexibility index (Phi) is 9.02. The van der Waals surface area contributed by atoms with Crippen LogP contribution in [-0.2, 0) is 13.2 Å². The van der Waals surface area contributed by atoms with Crippen molar-refractivity contribution in [3.63, 3.8) is 0 Å². The SMILES string of the molecule is O=C(c1ccc(OCCCl)cc1)c1c(-c2ccc(OCc3ccccc3)cc2)sc2cc(OCc3ccccc3)ccc12. The van der Waals surface area contributed by atoms with Crippen molar-refractivity contribution >= 4 is 38.8 Å². The van der Waals surface area contributed by atoms with Crippen LogP contribution in [0.1, 0.15) is 27.0 Å². The van der Waals surface area contributed by atoms with Crippen LogP contribution in [0.25, 0.3) is 20.5 Å². The van der Waals surface area contributed by atoms with Crippen LogP contribution in [0, 0.1) is 0 Å². The monoisotopic (exact) mass is 604 g/mol. The van der Waals surface area contributed by atoms with Gasteiger partial charge in [-0.25, -0.2) is 0 Å². The van der Waals surface area contributed by atoms with E-state index in [2.05, 4.69) is 0 Å². The van der Waals surface area contributed by atoms with Gasteiger partial charge in [0.05, 0.1) is 5.88 Å². The normalized spacial score (nSPS) is 10.9. The van der Waals surface area contributed by atoms with E-state index in [0.717, 1.165) is 43.2 Å². The van der Waals surface area contributed by atoms with Crippen LogP contribution >= 0.6 is 22.9 Å². The van der Waals surface area contributed by atoms with E-state index in [4.69, 9.17) is 25.8 Å². The lowest BCUT2D eigenvalue weighted by molar-refractivity contribution is 0.104. The Hall–Kier alpha value is -4.58. The number of fused-ring (bicyclic) bond motifs is 1. The van der Waals surface area contributed by atoms with E-state index in [1.165, 1.54) is 0 Å². The largest absolute Gasteiger partial charge is 0.492 e. The summed E-state index contributed by atoms with van der Waals surface area (Å²) in [5.41, 5.74) is 4.41. The number of hydrogen-bond acceptors (Lipinski definition) is 5. The molecule has 0 aliphatic carbocycles. The van der Waals surface area contributed by atoms with E-state index in [1.807, 2.05) is 115 Å². The van der Waals surface area contributed by atoms with Gasteiger partial charge in [-0.1, -0.05) is 60.7 Å². The average molecular weight is 605 g/mol. The van der Waals surface area contributed by atoms with Gasteiger partial charge >= 0.3 is 0 Å². The maximum absolute atomic E-state index is 14.1. The van der Waals surface area contributed by atoms with E-state index in [1.54, 1.807) is 23.5 Å². The molecule has 0 fully saturated rings. The number of thiophene rings is 1. The van der Waals surface area contributed by atoms with Gasteiger partial charge in [0.15, 0.2) is 5.78 Å². The fraction of sp³-hybridized carbons (Fsp3) is 0.108. The molecule has 6 aromatic rings. The molecular weight excluding hydrogens is 576 g/mol. The highest BCUT2D eigenvalue weighted by Gasteiger charge is 2.22. The summed E-state index contributed by atoms with van der Waals surface area (Å²) < 4.78 is 18.7. The number of carbonyl (C=O) groups is 1. The van der Waals surface area contributed by atoms with E-state index in [0.29, 0.717) is 42.6 Å². The van der Waals surface area contributed by atoms with Crippen LogP contribution < -0.4 is 14.2 Å². The number of rotatable bonds is 12. The lowest BCUT2D eigenvalue weighted by atomic mass is 9.97. The number of halogens is 1. The second-order valence-electron chi connectivity index (χ2n) is 9.93. The molecule has 43 heavy (non-hydrogen) atoms. The lowest BCUT2D eigenvalue weighted by Crippen LogP contribution is -2.03. The molecule has 0 spiro atoms. The third kappa shape index (κ3) is 6.91. The third-order valence-electron chi connectivity index (χ3n) is 6.96. The van der Waals surface area contributed by atoms with E-state index >= 15 is 0 Å². The molecule has 0 aliphatic heterocycles. The molecule has 1 heterocycles. The predicted octanol–water partition coefficient (Wildman–Crippen LogP) is 9.57. The van der Waals surface area contributed by atoms with Crippen LogP contribution in [-0.4, -0.2) is 18.3 Å². The quantitative estimate of drug-likeness (QED) is 0.103. The Morgan fingerprint density at radius 1 is 0.628 bits per heavy atom. The maximum atomic E-state index is 14.1. The smallest absolute Gasteiger partial charge is 0.195 e. The van der Waals surface area contributed by atoms with Gasteiger partial charge in [0.25, 0.3) is 0 Å². The molecule has 6 heteroatoms. The fourth-order valence-corrected chi connectivity index (χ4v) is 6.09. The molecule has 0 aliphatic rings. The van der Waals surface area contributed by atoms with Crippen molar-refractivity contribution in [1.82, 2.24) is 0 Å². The minimum atomic E-state index is -0.0486. The number of carbonyl (C=O) groups excluding carboxylic acids is 1. The lowest BCUT2D eigenvalue weighted by Gasteiger charge is -2.09. The minimum Gasteiger partial charge on any atom is -0.492 e. The highest BCUT2D eigenvalue weighted by atomic mass is 35.5. The van der Waals surface area contributed by atoms with E-state index in [9.17, 15) is 4.79 Å². The molecule has 214 valence electrons. The van der Waals surface area contributed by atoms with Gasteiger partial charge in [0.2, 0.25) is 0 Å². The molecule has 4 nitrogen and oxygen atoms in total. The number of ether oxygens (including phenoxy) is 3. The Labute approximate surface area is 260 Å². The van der Waals surface area contributed by atoms with Gasteiger partial charge in [0, 0.05) is 26.1 Å². The molecule has 0 bridgehead atoms. The predicted molar refractivity (Wildman–Crippen MR) is 175 cm³/mol. The number of ketones is 1. The Bertz CT molecular complexity index is 1800. The van der Waals surface area contributed by atoms with Gasteiger partial charge in [0.1, 0.15) is 37.1 Å². The summed E-state index contributed by atoms with van der Waals surface area (Å²) in [5, 5.41) is 0.893. The zero-order valence-corrected chi connectivity index (χ0v) is 24.9. The molecule has 6 rings (SSSR count). The summed E-state index contributed by atoms with van der Waals surface area (Å²) in [4.78, 5) is 15.0. The van der Waals surface area contributed by atoms with Crippen molar-refractivity contribution in [3.05, 3.63) is 150 Å². The first-order chi connectivity index (χ1) is 21.2. The van der Waals surface area contributed by atoms with Crippen LogP contribution in [0.3, 0.4) is 0 Å². The molecule has 1 aromatic heterocycles. The van der Waals surface area contributed by atoms with Crippen LogP contribution in [0.5, 0.6) is 17.2 Å². The van der Waals surface area contributed by atoms with Gasteiger partial charge < -0.3 is 14.2 Å². The summed E-state index contributed by atoms with van der Waals surface area (Å²) in [6.45, 7) is 1.37. The summed E-state index contributed by atoms with van der Waals surface area (Å²) >= 11 is 7.34. The van der Waals surface area contributed by atoms with Gasteiger partial charge in [-0.2, -0.15) is 0 Å². The van der Waals surface area contributed by atoms with Gasteiger partial charge in [-0.3, -0.25) is 4.79 Å². The van der Waals surface area contributed by atoms with Gasteiger partial charge in [-0.05, 0) is 83.4 Å². The highest BCUT2D eigenvalue weighted by Crippen LogP contribution is 2.42. The molecule has 0 unspecified atom stereocenters. The standard InChI is InChI=1S/C37H29ClO4S/c38-21-22-40-30-15-11-28(12-16-30)36(39)35-33-20-19-32(42-25-27-9-5-2-6-10-27)23-34(33)43-37(35)29-13-17-31(18-14-29)41-24-26-7-3-1-4-8-26/h1-20,23H,21-22,24-25H2. The average Bonchev–Trinajstić information content (AvgIpc) is 3.45. The number of alkyl halides is 1. The number of hydrogen-bond donors (Lipinski definition) is 0. The molecular formula is C37H29ClO4S. The molecule has 0 amide bonds. The third-order valence-corrected chi connectivity index (χ3v) is 8.32. The van der Waals surface area contributed by atoms with Crippen molar-refractivity contribution < 1.29 is 19.0 Å². The van der Waals surface area contributed by atoms with Crippen molar-refractivity contribution in [2.24, 2.45) is 0 Å². The molecule has 0 atom stereocenters. The van der Waals surface area contributed by atoms with Crippen LogP contribution in [0.2, 0.25) is 0 Å². The molecule has 5 aromatic carbocycles. The van der Waals surface area contributed by atoms with Crippen LogP contribution in [0.4, 0.5) is 0 Å². The highest BCUT2D eigenvalue weighted by molar-refractivity contribution is 7.22. The molecule has 0 N–H and O–H groups in total. The first kappa shape index (κ1) is 28.5. The summed E-state index contributed by atoms with van der Waals surface area (Å²) in [6.07, 6.45) is 0. The van der Waals surface area contributed by atoms with Crippen molar-refractivity contribution in [2.75, 3.05) is 12.5 Å². The second-order valence-corrected chi connectivity index (χ2v) is 11.4. The van der Waals surface area contributed by atoms with Crippen molar-refractivity contribution in [2.45, 2.75) is 13.2 Å². The summed E-state index contributed by atoms with van der Waals surface area (Å²) in [6, 6.07) is 41.2. The van der Waals surface area contributed by atoms with Gasteiger partial charge in [-0.15, -0.1) is 22.9 Å².